The summed E-state index contributed by atoms with van der Waals surface area (Å²) in [7, 11) is 0. The summed E-state index contributed by atoms with van der Waals surface area (Å²) < 4.78 is 23.9. The number of nitrogens with one attached hydrogen (secondary N) is 1. The first-order chi connectivity index (χ1) is 6.61. The molecular weight excluding hydrogens is 208 g/mol. The van der Waals surface area contributed by atoms with Crippen molar-refractivity contribution in [2.24, 2.45) is 0 Å². The molecular formula is C9H13F2NOS. The van der Waals surface area contributed by atoms with Crippen LogP contribution in [0.3, 0.4) is 0 Å². The Morgan fingerprint density at radius 2 is 2.29 bits per heavy atom. The Labute approximate surface area is 85.6 Å². The van der Waals surface area contributed by atoms with E-state index in [2.05, 4.69) is 5.32 Å². The molecule has 1 heterocycles. The van der Waals surface area contributed by atoms with E-state index in [0.717, 1.165) is 4.88 Å². The molecule has 0 aromatic carbocycles. The van der Waals surface area contributed by atoms with Crippen LogP contribution in [-0.4, -0.2) is 24.2 Å². The lowest BCUT2D eigenvalue weighted by molar-refractivity contribution is -0.00434. The summed E-state index contributed by atoms with van der Waals surface area (Å²) >= 11 is 1.56. The van der Waals surface area contributed by atoms with Gasteiger partial charge >= 0.3 is 0 Å². The van der Waals surface area contributed by atoms with Gasteiger partial charge in [-0.1, -0.05) is 6.07 Å². The van der Waals surface area contributed by atoms with Crippen LogP contribution in [-0.2, 0) is 0 Å². The van der Waals surface area contributed by atoms with Crippen molar-refractivity contribution in [2.75, 3.05) is 6.54 Å². The molecule has 0 saturated carbocycles. The van der Waals surface area contributed by atoms with Crippen molar-refractivity contribution in [3.63, 3.8) is 0 Å². The fourth-order valence-corrected chi connectivity index (χ4v) is 1.78. The Balaban J connectivity index is 2.32. The van der Waals surface area contributed by atoms with Crippen LogP contribution in [0.5, 0.6) is 0 Å². The van der Waals surface area contributed by atoms with Gasteiger partial charge in [-0.3, -0.25) is 0 Å². The lowest BCUT2D eigenvalue weighted by Gasteiger charge is -2.15. The first-order valence-electron chi connectivity index (χ1n) is 4.34. The third kappa shape index (κ3) is 3.32. The summed E-state index contributed by atoms with van der Waals surface area (Å²) in [6.45, 7) is 1.79. The molecule has 80 valence electrons. The number of aliphatic hydroxyl groups excluding tert-OH is 1. The smallest absolute Gasteiger partial charge is 0.265 e. The SMILES string of the molecule is CC(NCC(O)C(F)F)c1cccs1. The largest absolute Gasteiger partial charge is 0.386 e. The number of aliphatic hydroxyl groups is 1. The lowest BCUT2D eigenvalue weighted by Crippen LogP contribution is -2.33. The van der Waals surface area contributed by atoms with Gasteiger partial charge in [-0.05, 0) is 18.4 Å². The average Bonchev–Trinajstić information content (AvgIpc) is 2.66. The van der Waals surface area contributed by atoms with E-state index < -0.39 is 12.5 Å². The van der Waals surface area contributed by atoms with E-state index >= 15 is 0 Å². The average molecular weight is 221 g/mol. The molecule has 0 amide bonds. The van der Waals surface area contributed by atoms with Crippen molar-refractivity contribution in [3.05, 3.63) is 22.4 Å². The maximum Gasteiger partial charge on any atom is 0.265 e. The first kappa shape index (κ1) is 11.6. The third-order valence-electron chi connectivity index (χ3n) is 1.89. The number of hydrogen-bond acceptors (Lipinski definition) is 3. The molecule has 2 atom stereocenters. The van der Waals surface area contributed by atoms with Crippen LogP contribution in [0.1, 0.15) is 17.8 Å². The molecule has 0 bridgehead atoms. The minimum absolute atomic E-state index is 0.00315. The predicted molar refractivity (Wildman–Crippen MR) is 52.7 cm³/mol. The Kier molecular flexibility index (Phi) is 4.44. The minimum atomic E-state index is -2.68. The first-order valence-corrected chi connectivity index (χ1v) is 5.22. The van der Waals surface area contributed by atoms with Gasteiger partial charge in [0.05, 0.1) is 0 Å². The maximum atomic E-state index is 11.9. The third-order valence-corrected chi connectivity index (χ3v) is 2.95. The van der Waals surface area contributed by atoms with Crippen molar-refractivity contribution in [3.8, 4) is 0 Å². The van der Waals surface area contributed by atoms with Crippen LogP contribution in [0.4, 0.5) is 8.78 Å². The monoisotopic (exact) mass is 221 g/mol. The fourth-order valence-electron chi connectivity index (χ4n) is 1.02. The predicted octanol–water partition coefficient (Wildman–Crippen LogP) is 2.02. The van der Waals surface area contributed by atoms with Gasteiger partial charge in [-0.2, -0.15) is 0 Å². The van der Waals surface area contributed by atoms with Gasteiger partial charge in [-0.25, -0.2) is 8.78 Å². The molecule has 0 saturated heterocycles. The Hall–Kier alpha value is -0.520. The zero-order chi connectivity index (χ0) is 10.6. The standard InChI is InChI=1S/C9H13F2NOS/c1-6(8-3-2-4-14-8)12-5-7(13)9(10)11/h2-4,6-7,9,12-13H,5H2,1H3. The molecule has 2 N–H and O–H groups in total. The molecule has 5 heteroatoms. The van der Waals surface area contributed by atoms with E-state index in [1.54, 1.807) is 11.3 Å². The van der Waals surface area contributed by atoms with Crippen molar-refractivity contribution in [1.29, 1.82) is 0 Å². The molecule has 14 heavy (non-hydrogen) atoms. The van der Waals surface area contributed by atoms with Gasteiger partial charge in [0, 0.05) is 17.5 Å². The number of thiophene rings is 1. The van der Waals surface area contributed by atoms with E-state index in [4.69, 9.17) is 5.11 Å². The van der Waals surface area contributed by atoms with Crippen molar-refractivity contribution < 1.29 is 13.9 Å². The summed E-state index contributed by atoms with van der Waals surface area (Å²) in [5.74, 6) is 0. The van der Waals surface area contributed by atoms with Gasteiger partial charge in [0.1, 0.15) is 6.10 Å². The summed E-state index contributed by atoms with van der Waals surface area (Å²) in [6.07, 6.45) is -4.27. The van der Waals surface area contributed by atoms with Crippen LogP contribution >= 0.6 is 11.3 Å². The fraction of sp³-hybridized carbons (Fsp3) is 0.556. The van der Waals surface area contributed by atoms with Gasteiger partial charge in [0.2, 0.25) is 0 Å². The molecule has 2 unspecified atom stereocenters. The second kappa shape index (κ2) is 5.38. The maximum absolute atomic E-state index is 11.9. The number of hydrogen-bond donors (Lipinski definition) is 2. The molecule has 0 aliphatic carbocycles. The molecule has 1 aromatic heterocycles. The Morgan fingerprint density at radius 3 is 2.79 bits per heavy atom. The van der Waals surface area contributed by atoms with E-state index in [1.165, 1.54) is 0 Å². The lowest BCUT2D eigenvalue weighted by atomic mass is 10.2. The summed E-state index contributed by atoms with van der Waals surface area (Å²) in [5.41, 5.74) is 0. The van der Waals surface area contributed by atoms with Crippen LogP contribution in [0.25, 0.3) is 0 Å². The molecule has 2 nitrogen and oxygen atoms in total. The van der Waals surface area contributed by atoms with E-state index in [1.807, 2.05) is 24.4 Å². The summed E-state index contributed by atoms with van der Waals surface area (Å²) in [6, 6.07) is 3.84. The molecule has 0 fully saturated rings. The highest BCUT2D eigenvalue weighted by atomic mass is 32.1. The molecule has 1 aromatic rings. The second-order valence-electron chi connectivity index (χ2n) is 3.05. The van der Waals surface area contributed by atoms with Crippen LogP contribution < -0.4 is 5.32 Å². The van der Waals surface area contributed by atoms with Gasteiger partial charge in [-0.15, -0.1) is 11.3 Å². The minimum Gasteiger partial charge on any atom is -0.386 e. The molecule has 0 aliphatic heterocycles. The van der Waals surface area contributed by atoms with Crippen LogP contribution in [0.15, 0.2) is 17.5 Å². The van der Waals surface area contributed by atoms with E-state index in [-0.39, 0.29) is 12.6 Å². The van der Waals surface area contributed by atoms with Gasteiger partial charge in [0.25, 0.3) is 6.43 Å². The normalized spacial score (nSPS) is 15.8. The Morgan fingerprint density at radius 1 is 1.57 bits per heavy atom. The van der Waals surface area contributed by atoms with Crippen molar-refractivity contribution >= 4 is 11.3 Å². The van der Waals surface area contributed by atoms with Crippen molar-refractivity contribution in [2.45, 2.75) is 25.5 Å². The highest BCUT2D eigenvalue weighted by molar-refractivity contribution is 7.10. The number of halogens is 2. The molecule has 0 aliphatic rings. The summed E-state index contributed by atoms with van der Waals surface area (Å²) in [5, 5.41) is 13.6. The zero-order valence-corrected chi connectivity index (χ0v) is 8.60. The molecule has 0 spiro atoms. The molecule has 1 rings (SSSR count). The quantitative estimate of drug-likeness (QED) is 0.797. The number of rotatable bonds is 5. The summed E-state index contributed by atoms with van der Waals surface area (Å²) in [4.78, 5) is 1.08. The number of alkyl halides is 2. The topological polar surface area (TPSA) is 32.3 Å². The van der Waals surface area contributed by atoms with Crippen molar-refractivity contribution in [1.82, 2.24) is 5.32 Å². The van der Waals surface area contributed by atoms with E-state index in [9.17, 15) is 8.78 Å². The Bertz CT molecular complexity index is 253. The molecule has 0 radical (unpaired) electrons. The highest BCUT2D eigenvalue weighted by Gasteiger charge is 2.17. The van der Waals surface area contributed by atoms with Gasteiger partial charge < -0.3 is 10.4 Å². The van der Waals surface area contributed by atoms with Gasteiger partial charge in [0.15, 0.2) is 0 Å². The van der Waals surface area contributed by atoms with E-state index in [0.29, 0.717) is 0 Å². The highest BCUT2D eigenvalue weighted by Crippen LogP contribution is 2.18. The van der Waals surface area contributed by atoms with Crippen LogP contribution in [0, 0.1) is 0 Å². The van der Waals surface area contributed by atoms with Crippen LogP contribution in [0.2, 0.25) is 0 Å². The zero-order valence-electron chi connectivity index (χ0n) is 7.78. The second-order valence-corrected chi connectivity index (χ2v) is 4.03.